The van der Waals surface area contributed by atoms with E-state index in [0.29, 0.717) is 24.0 Å². The first-order valence-corrected chi connectivity index (χ1v) is 6.17. The summed E-state index contributed by atoms with van der Waals surface area (Å²) < 4.78 is 13.5. The van der Waals surface area contributed by atoms with Crippen molar-refractivity contribution in [3.8, 4) is 0 Å². The summed E-state index contributed by atoms with van der Waals surface area (Å²) in [5.41, 5.74) is 1.01. The number of amides is 1. The first-order chi connectivity index (χ1) is 8.86. The van der Waals surface area contributed by atoms with Gasteiger partial charge in [0, 0.05) is 5.56 Å². The van der Waals surface area contributed by atoms with Crippen LogP contribution in [0.4, 0.5) is 4.39 Å². The van der Waals surface area contributed by atoms with Crippen LogP contribution in [-0.2, 0) is 4.79 Å². The molecule has 0 spiro atoms. The van der Waals surface area contributed by atoms with Crippen molar-refractivity contribution in [3.05, 3.63) is 34.6 Å². The molecule has 1 unspecified atom stereocenters. The third kappa shape index (κ3) is 3.77. The van der Waals surface area contributed by atoms with Gasteiger partial charge in [-0.2, -0.15) is 0 Å². The molecule has 0 saturated heterocycles. The van der Waals surface area contributed by atoms with Crippen molar-refractivity contribution >= 4 is 11.9 Å². The number of carbonyl (C=O) groups is 2. The predicted octanol–water partition coefficient (Wildman–Crippen LogP) is 2.43. The maximum atomic E-state index is 13.5. The number of aliphatic carboxylic acids is 1. The Morgan fingerprint density at radius 2 is 1.84 bits per heavy atom. The fourth-order valence-corrected chi connectivity index (χ4v) is 1.86. The van der Waals surface area contributed by atoms with Crippen LogP contribution in [0.3, 0.4) is 0 Å². The lowest BCUT2D eigenvalue weighted by Gasteiger charge is -2.14. The van der Waals surface area contributed by atoms with Gasteiger partial charge in [0.25, 0.3) is 5.91 Å². The van der Waals surface area contributed by atoms with Gasteiger partial charge in [-0.1, -0.05) is 13.3 Å². The van der Waals surface area contributed by atoms with Crippen molar-refractivity contribution in [1.82, 2.24) is 5.32 Å². The van der Waals surface area contributed by atoms with Crippen molar-refractivity contribution < 1.29 is 19.1 Å². The van der Waals surface area contributed by atoms with Crippen LogP contribution in [0.15, 0.2) is 12.1 Å². The number of benzene rings is 1. The van der Waals surface area contributed by atoms with Crippen molar-refractivity contribution in [1.29, 1.82) is 0 Å². The topological polar surface area (TPSA) is 66.4 Å². The van der Waals surface area contributed by atoms with E-state index >= 15 is 0 Å². The fraction of sp³-hybridized carbons (Fsp3) is 0.429. The van der Waals surface area contributed by atoms with Crippen LogP contribution in [0.1, 0.15) is 41.3 Å². The number of halogens is 1. The van der Waals surface area contributed by atoms with Gasteiger partial charge >= 0.3 is 5.97 Å². The van der Waals surface area contributed by atoms with Crippen molar-refractivity contribution in [3.63, 3.8) is 0 Å². The average Bonchev–Trinajstić information content (AvgIpc) is 2.34. The lowest BCUT2D eigenvalue weighted by molar-refractivity contribution is -0.139. The molecular weight excluding hydrogens is 249 g/mol. The van der Waals surface area contributed by atoms with Crippen LogP contribution in [-0.4, -0.2) is 23.0 Å². The molecule has 0 aliphatic rings. The number of hydrogen-bond donors (Lipinski definition) is 2. The highest BCUT2D eigenvalue weighted by Gasteiger charge is 2.20. The highest BCUT2D eigenvalue weighted by molar-refractivity contribution is 5.96. The molecule has 0 heterocycles. The van der Waals surface area contributed by atoms with Crippen LogP contribution in [0, 0.1) is 19.7 Å². The molecule has 0 saturated carbocycles. The first kappa shape index (κ1) is 15.1. The molecule has 0 aromatic heterocycles. The Hall–Kier alpha value is -1.91. The van der Waals surface area contributed by atoms with E-state index in [1.165, 1.54) is 12.1 Å². The molecule has 4 nitrogen and oxygen atoms in total. The maximum absolute atomic E-state index is 13.5. The lowest BCUT2D eigenvalue weighted by Crippen LogP contribution is -2.40. The van der Waals surface area contributed by atoms with E-state index in [1.807, 2.05) is 6.92 Å². The van der Waals surface area contributed by atoms with Gasteiger partial charge in [0.2, 0.25) is 0 Å². The molecule has 0 bridgehead atoms. The molecular formula is C14H18FNO3. The second kappa shape index (κ2) is 6.31. The quantitative estimate of drug-likeness (QED) is 0.861. The van der Waals surface area contributed by atoms with Gasteiger partial charge in [-0.05, 0) is 43.5 Å². The van der Waals surface area contributed by atoms with E-state index < -0.39 is 17.9 Å². The lowest BCUT2D eigenvalue weighted by atomic mass is 10.0. The van der Waals surface area contributed by atoms with E-state index in [-0.39, 0.29) is 11.4 Å². The number of rotatable bonds is 5. The summed E-state index contributed by atoms with van der Waals surface area (Å²) in [7, 11) is 0. The Balaban J connectivity index is 2.91. The largest absolute Gasteiger partial charge is 0.480 e. The molecule has 1 rings (SSSR count). The second-order valence-electron chi connectivity index (χ2n) is 4.58. The summed E-state index contributed by atoms with van der Waals surface area (Å²) in [5.74, 6) is -1.90. The number of nitrogens with one attached hydrogen (secondary N) is 1. The normalized spacial score (nSPS) is 12.0. The van der Waals surface area contributed by atoms with Gasteiger partial charge in [0.15, 0.2) is 0 Å². The van der Waals surface area contributed by atoms with Gasteiger partial charge in [-0.3, -0.25) is 4.79 Å². The molecule has 0 aliphatic carbocycles. The summed E-state index contributed by atoms with van der Waals surface area (Å²) >= 11 is 0. The van der Waals surface area contributed by atoms with E-state index in [9.17, 15) is 14.0 Å². The number of hydrogen-bond acceptors (Lipinski definition) is 2. The number of carboxylic acid groups (broad SMARTS) is 1. The monoisotopic (exact) mass is 267 g/mol. The van der Waals surface area contributed by atoms with Crippen LogP contribution in [0.5, 0.6) is 0 Å². The summed E-state index contributed by atoms with van der Waals surface area (Å²) in [6, 6.07) is 1.92. The van der Waals surface area contributed by atoms with Crippen molar-refractivity contribution in [2.75, 3.05) is 0 Å². The second-order valence-corrected chi connectivity index (χ2v) is 4.58. The number of aryl methyl sites for hydroxylation is 2. The maximum Gasteiger partial charge on any atom is 0.326 e. The smallest absolute Gasteiger partial charge is 0.326 e. The summed E-state index contributed by atoms with van der Waals surface area (Å²) in [5, 5.41) is 11.4. The van der Waals surface area contributed by atoms with Crippen LogP contribution in [0.25, 0.3) is 0 Å². The van der Waals surface area contributed by atoms with E-state index in [2.05, 4.69) is 5.32 Å². The molecule has 1 amide bonds. The summed E-state index contributed by atoms with van der Waals surface area (Å²) in [6.07, 6.45) is 1.01. The minimum Gasteiger partial charge on any atom is -0.480 e. The standard InChI is InChI=1S/C14H18FNO3/c1-4-5-11(14(18)19)16-13(17)10-6-8(2)12(15)9(3)7-10/h6-7,11H,4-5H2,1-3H3,(H,16,17)(H,18,19). The molecule has 19 heavy (non-hydrogen) atoms. The van der Waals surface area contributed by atoms with Crippen LogP contribution in [0.2, 0.25) is 0 Å². The molecule has 0 radical (unpaired) electrons. The molecule has 5 heteroatoms. The zero-order valence-electron chi connectivity index (χ0n) is 11.3. The third-order valence-corrected chi connectivity index (χ3v) is 2.88. The Morgan fingerprint density at radius 3 is 2.26 bits per heavy atom. The van der Waals surface area contributed by atoms with Crippen molar-refractivity contribution in [2.45, 2.75) is 39.7 Å². The molecule has 1 aromatic carbocycles. The minimum atomic E-state index is -1.06. The Morgan fingerprint density at radius 1 is 1.32 bits per heavy atom. The Kier molecular flexibility index (Phi) is 5.03. The SMILES string of the molecule is CCCC(NC(=O)c1cc(C)c(F)c(C)c1)C(=O)O. The van der Waals surface area contributed by atoms with Gasteiger partial charge in [0.1, 0.15) is 11.9 Å². The molecule has 104 valence electrons. The van der Waals surface area contributed by atoms with E-state index in [1.54, 1.807) is 13.8 Å². The van der Waals surface area contributed by atoms with Gasteiger partial charge in [0.05, 0.1) is 0 Å². The number of carboxylic acids is 1. The third-order valence-electron chi connectivity index (χ3n) is 2.88. The van der Waals surface area contributed by atoms with Gasteiger partial charge < -0.3 is 10.4 Å². The van der Waals surface area contributed by atoms with E-state index in [4.69, 9.17) is 5.11 Å². The predicted molar refractivity (Wildman–Crippen MR) is 69.7 cm³/mol. The zero-order chi connectivity index (χ0) is 14.6. The van der Waals surface area contributed by atoms with E-state index in [0.717, 1.165) is 0 Å². The molecule has 1 aromatic rings. The molecule has 1 atom stereocenters. The zero-order valence-corrected chi connectivity index (χ0v) is 11.3. The van der Waals surface area contributed by atoms with Crippen LogP contribution >= 0.6 is 0 Å². The first-order valence-electron chi connectivity index (χ1n) is 6.17. The summed E-state index contributed by atoms with van der Waals surface area (Å²) in [4.78, 5) is 22.9. The van der Waals surface area contributed by atoms with Gasteiger partial charge in [-0.15, -0.1) is 0 Å². The molecule has 0 fully saturated rings. The van der Waals surface area contributed by atoms with Crippen LogP contribution < -0.4 is 5.32 Å². The van der Waals surface area contributed by atoms with Gasteiger partial charge in [-0.25, -0.2) is 9.18 Å². The summed E-state index contributed by atoms with van der Waals surface area (Å²) in [6.45, 7) is 4.98. The average molecular weight is 267 g/mol. The van der Waals surface area contributed by atoms with Crippen molar-refractivity contribution in [2.24, 2.45) is 0 Å². The highest BCUT2D eigenvalue weighted by atomic mass is 19.1. The minimum absolute atomic E-state index is 0.277. The Labute approximate surface area is 111 Å². The Bertz CT molecular complexity index is 476. The molecule has 0 aliphatic heterocycles. The molecule has 2 N–H and O–H groups in total. The fourth-order valence-electron chi connectivity index (χ4n) is 1.86. The number of carbonyl (C=O) groups excluding carboxylic acids is 1. The highest BCUT2D eigenvalue weighted by Crippen LogP contribution is 2.15.